The molecule has 1 unspecified atom stereocenters. The van der Waals surface area contributed by atoms with Crippen LogP contribution in [-0.4, -0.2) is 36.1 Å². The number of aryl methyl sites for hydroxylation is 2. The highest BCUT2D eigenvalue weighted by atomic mass is 35.7. The number of ketones is 1. The molecule has 0 amide bonds. The molecule has 0 saturated carbocycles. The highest BCUT2D eigenvalue weighted by Gasteiger charge is 2.36. The minimum atomic E-state index is -4.69. The maximum absolute atomic E-state index is 12.9. The fourth-order valence-corrected chi connectivity index (χ4v) is 5.56. The zero-order valence-electron chi connectivity index (χ0n) is 27.7. The minimum Gasteiger partial charge on any atom is -0.453 e. The Labute approximate surface area is 287 Å². The van der Waals surface area contributed by atoms with E-state index in [1.807, 2.05) is 31.2 Å². The van der Waals surface area contributed by atoms with Gasteiger partial charge < -0.3 is 30.4 Å². The van der Waals surface area contributed by atoms with Gasteiger partial charge in [0.15, 0.2) is 11.5 Å². The van der Waals surface area contributed by atoms with Crippen LogP contribution in [0, 0.1) is 24.1 Å². The summed E-state index contributed by atoms with van der Waals surface area (Å²) in [7, 11) is -4.69. The lowest BCUT2D eigenvalue weighted by molar-refractivity contribution is -1.92. The molecule has 1 atom stereocenters. The van der Waals surface area contributed by atoms with Gasteiger partial charge in [0.2, 0.25) is 0 Å². The van der Waals surface area contributed by atoms with Crippen LogP contribution in [0.4, 0.5) is 30.2 Å². The van der Waals surface area contributed by atoms with Gasteiger partial charge in [-0.1, -0.05) is 19.1 Å². The average molecular weight is 721 g/mol. The number of carbonyl (C=O) groups is 1. The number of hydrogen-bond donors (Lipinski definition) is 5. The third-order valence-corrected chi connectivity index (χ3v) is 7.57. The number of benzene rings is 2. The number of ether oxygens (including phenoxy) is 1. The van der Waals surface area contributed by atoms with Crippen LogP contribution in [0.2, 0.25) is 0 Å². The summed E-state index contributed by atoms with van der Waals surface area (Å²) in [6.07, 6.45) is 2.88. The van der Waals surface area contributed by atoms with Crippen LogP contribution >= 0.6 is 0 Å². The van der Waals surface area contributed by atoms with Crippen LogP contribution in [0.25, 0.3) is 11.0 Å². The van der Waals surface area contributed by atoms with Gasteiger partial charge in [0, 0.05) is 48.0 Å². The van der Waals surface area contributed by atoms with Crippen molar-refractivity contribution in [2.75, 3.05) is 35.6 Å². The van der Waals surface area contributed by atoms with Crippen LogP contribution in [0.3, 0.4) is 0 Å². The molecule has 3 aromatic rings. The van der Waals surface area contributed by atoms with Gasteiger partial charge in [-0.05, 0) is 75.2 Å². The molecule has 16 heteroatoms. The first-order chi connectivity index (χ1) is 23.4. The molecule has 0 spiro atoms. The van der Waals surface area contributed by atoms with Crippen molar-refractivity contribution >= 4 is 33.8 Å². The van der Waals surface area contributed by atoms with E-state index < -0.39 is 27.6 Å². The van der Waals surface area contributed by atoms with Crippen molar-refractivity contribution in [2.45, 2.75) is 46.8 Å². The number of rotatable bonds is 6. The monoisotopic (exact) mass is 720 g/mol. The lowest BCUT2D eigenvalue weighted by atomic mass is 9.84. The van der Waals surface area contributed by atoms with E-state index in [-0.39, 0.29) is 22.8 Å². The summed E-state index contributed by atoms with van der Waals surface area (Å²) in [4.78, 5) is 23.8. The summed E-state index contributed by atoms with van der Waals surface area (Å²) in [5.41, 5.74) is 4.76. The standard InChI is InChI=1S/C21H23N3O2.C13H12F3NO2.ClHO4/c1-4-22-14-10-18-16(9-12(14)3)24-21-19(26-18)11-15(23-5-2)13-7-6-8-17(25)20(13)21;1-3-17-10-6-11-8(4-7(10)2)9(13(14,15)16)5-12(18)19-11;2-1(3,4)5/h6-11,15,22-24H,4-5H2,1-3H3;4-6,17H,3H2,1-2H3;(H,2,3,4,5). The predicted octanol–water partition coefficient (Wildman–Crippen LogP) is 2.85. The van der Waals surface area contributed by atoms with Gasteiger partial charge in [0.1, 0.15) is 11.3 Å². The van der Waals surface area contributed by atoms with Gasteiger partial charge in [0.05, 0.1) is 43.5 Å². The SMILES string of the molecule is CCNc1cc2c(cc1C)NC1=C3C(=O)C=CC=C3C(NCC)C=C1O2.CCNc1cc2oc(=O)cc(C(F)(F)F)c2cc1C.[O-][Cl+3]([O-])([O-])O. The molecule has 0 saturated heterocycles. The fraction of sp³-hybridized carbons (Fsp3) is 0.294. The Morgan fingerprint density at radius 3 is 2.16 bits per heavy atom. The molecule has 50 heavy (non-hydrogen) atoms. The number of alkyl halides is 3. The number of fused-ring (bicyclic) bond motifs is 4. The Bertz CT molecular complexity index is 1960. The number of nitrogens with one attached hydrogen (secondary N) is 4. The zero-order chi connectivity index (χ0) is 37.0. The lowest BCUT2D eigenvalue weighted by Crippen LogP contribution is -2.58. The third-order valence-electron chi connectivity index (χ3n) is 7.57. The first-order valence-electron chi connectivity index (χ1n) is 15.4. The molecule has 2 heterocycles. The van der Waals surface area contributed by atoms with Crippen molar-refractivity contribution in [1.29, 1.82) is 0 Å². The Morgan fingerprint density at radius 1 is 0.940 bits per heavy atom. The summed E-state index contributed by atoms with van der Waals surface area (Å²) in [6, 6.07) is 7.31. The van der Waals surface area contributed by atoms with Gasteiger partial charge >= 0.3 is 11.8 Å². The van der Waals surface area contributed by atoms with E-state index in [4.69, 9.17) is 27.8 Å². The Hall–Kier alpha value is -4.64. The quantitative estimate of drug-likeness (QED) is 0.234. The van der Waals surface area contributed by atoms with Gasteiger partial charge in [-0.25, -0.2) is 4.79 Å². The lowest BCUT2D eigenvalue weighted by Gasteiger charge is -2.34. The smallest absolute Gasteiger partial charge is 0.417 e. The molecule has 12 nitrogen and oxygen atoms in total. The van der Waals surface area contributed by atoms with Crippen molar-refractivity contribution in [3.05, 3.63) is 104 Å². The van der Waals surface area contributed by atoms with Gasteiger partial charge in [-0.2, -0.15) is 27.1 Å². The molecule has 2 aliphatic carbocycles. The van der Waals surface area contributed by atoms with Crippen LogP contribution in [-0.2, 0) is 11.0 Å². The zero-order valence-corrected chi connectivity index (χ0v) is 28.5. The molecule has 6 rings (SSSR count). The third kappa shape index (κ3) is 9.12. The molecular formula is C34H36ClF3N4O8. The van der Waals surface area contributed by atoms with Crippen molar-refractivity contribution in [3.63, 3.8) is 0 Å². The molecule has 268 valence electrons. The molecule has 5 N–H and O–H groups in total. The highest BCUT2D eigenvalue weighted by Crippen LogP contribution is 2.43. The second-order valence-corrected chi connectivity index (χ2v) is 11.9. The first kappa shape index (κ1) is 38.2. The molecule has 2 aromatic carbocycles. The van der Waals surface area contributed by atoms with Crippen LogP contribution in [0.5, 0.6) is 5.75 Å². The van der Waals surface area contributed by atoms with Crippen LogP contribution < -0.4 is 45.6 Å². The summed E-state index contributed by atoms with van der Waals surface area (Å²) < 4.78 is 82.4. The minimum absolute atomic E-state index is 0.00606. The summed E-state index contributed by atoms with van der Waals surface area (Å²) >= 11 is 0. The highest BCUT2D eigenvalue weighted by molar-refractivity contribution is 6.11. The number of carbonyl (C=O) groups excluding carboxylic acids is 1. The summed E-state index contributed by atoms with van der Waals surface area (Å²) in [5.74, 6) is 1.47. The molecule has 0 bridgehead atoms. The topological polar surface area (TPSA) is 194 Å². The molecule has 0 radical (unpaired) electrons. The number of hydrogen-bond acceptors (Lipinski definition) is 12. The van der Waals surface area contributed by atoms with E-state index in [1.54, 1.807) is 13.0 Å². The number of anilines is 3. The summed E-state index contributed by atoms with van der Waals surface area (Å²) in [5, 5.41) is 13.1. The van der Waals surface area contributed by atoms with Crippen molar-refractivity contribution < 1.29 is 56.0 Å². The Balaban J connectivity index is 0.000000206. The fourth-order valence-electron chi connectivity index (χ4n) is 5.56. The molecule has 1 aliphatic heterocycles. The van der Waals surface area contributed by atoms with Crippen LogP contribution in [0.1, 0.15) is 37.5 Å². The van der Waals surface area contributed by atoms with E-state index in [9.17, 15) is 22.8 Å². The number of halogens is 4. The van der Waals surface area contributed by atoms with Gasteiger partial charge in [0.25, 0.3) is 0 Å². The number of likely N-dealkylation sites (N-methyl/N-ethyl adjacent to an activating group) is 1. The maximum Gasteiger partial charge on any atom is 0.417 e. The number of allylic oxidation sites excluding steroid dienone is 3. The van der Waals surface area contributed by atoms with Gasteiger partial charge in [-0.3, -0.25) is 4.79 Å². The predicted molar refractivity (Wildman–Crippen MR) is 173 cm³/mol. The molecule has 3 aliphatic rings. The van der Waals surface area contributed by atoms with Crippen LogP contribution in [0.15, 0.2) is 86.5 Å². The Kier molecular flexibility index (Phi) is 11.8. The normalized spacial score (nSPS) is 16.2. The molecule has 1 aromatic heterocycles. The van der Waals surface area contributed by atoms with E-state index in [0.29, 0.717) is 35.2 Å². The molecule has 0 fully saturated rings. The van der Waals surface area contributed by atoms with Crippen molar-refractivity contribution in [2.24, 2.45) is 0 Å². The van der Waals surface area contributed by atoms with E-state index in [1.165, 1.54) is 12.1 Å². The Morgan fingerprint density at radius 2 is 1.56 bits per heavy atom. The maximum atomic E-state index is 12.9. The largest absolute Gasteiger partial charge is 0.453 e. The second-order valence-electron chi connectivity index (χ2n) is 11.1. The van der Waals surface area contributed by atoms with Crippen molar-refractivity contribution in [3.8, 4) is 5.75 Å². The average Bonchev–Trinajstić information content (AvgIpc) is 3.01. The second kappa shape index (κ2) is 15.5. The van der Waals surface area contributed by atoms with Crippen molar-refractivity contribution in [1.82, 2.24) is 5.32 Å². The molecular weight excluding hydrogens is 685 g/mol. The van der Waals surface area contributed by atoms with E-state index >= 15 is 0 Å². The van der Waals surface area contributed by atoms with E-state index in [0.717, 1.165) is 47.0 Å². The first-order valence-corrected chi connectivity index (χ1v) is 16.7. The van der Waals surface area contributed by atoms with E-state index in [2.05, 4.69) is 48.1 Å². The van der Waals surface area contributed by atoms with Gasteiger partial charge in [-0.15, -0.1) is 0 Å². The summed E-state index contributed by atoms with van der Waals surface area (Å²) in [6.45, 7) is 12.0.